The van der Waals surface area contributed by atoms with Crippen LogP contribution in [0.5, 0.6) is 5.75 Å². The van der Waals surface area contributed by atoms with Gasteiger partial charge in [-0.15, -0.1) is 0 Å². The van der Waals surface area contributed by atoms with Crippen LogP contribution in [0.25, 0.3) is 0 Å². The number of nitrogens with zero attached hydrogens (tertiary/aromatic N) is 1. The number of nitrogens with one attached hydrogen (secondary N) is 1. The molecule has 31 heavy (non-hydrogen) atoms. The number of methoxy groups -OCH3 is 1. The van der Waals surface area contributed by atoms with E-state index in [9.17, 15) is 14.4 Å². The zero-order valence-corrected chi connectivity index (χ0v) is 17.8. The highest BCUT2D eigenvalue weighted by Gasteiger charge is 2.34. The Kier molecular flexibility index (Phi) is 7.65. The molecular formula is C24H29N3O4. The molecule has 3 rings (SSSR count). The van der Waals surface area contributed by atoms with Gasteiger partial charge >= 0.3 is 0 Å². The fourth-order valence-electron chi connectivity index (χ4n) is 3.87. The van der Waals surface area contributed by atoms with Crippen LogP contribution in [0.1, 0.15) is 30.4 Å². The molecule has 1 heterocycles. The first-order chi connectivity index (χ1) is 15.0. The van der Waals surface area contributed by atoms with Crippen LogP contribution in [0.3, 0.4) is 0 Å². The number of amides is 3. The molecule has 2 atom stereocenters. The van der Waals surface area contributed by atoms with Gasteiger partial charge in [0.2, 0.25) is 17.7 Å². The summed E-state index contributed by atoms with van der Waals surface area (Å²) in [5.41, 5.74) is 7.50. The summed E-state index contributed by atoms with van der Waals surface area (Å²) in [7, 11) is 1.58. The van der Waals surface area contributed by atoms with Gasteiger partial charge in [-0.3, -0.25) is 14.4 Å². The van der Waals surface area contributed by atoms with Gasteiger partial charge in [-0.05, 0) is 42.5 Å². The highest BCUT2D eigenvalue weighted by Crippen LogP contribution is 2.20. The topological polar surface area (TPSA) is 102 Å². The van der Waals surface area contributed by atoms with E-state index in [1.54, 1.807) is 12.0 Å². The molecule has 3 N–H and O–H groups in total. The van der Waals surface area contributed by atoms with Gasteiger partial charge in [-0.2, -0.15) is 0 Å². The molecule has 0 saturated carbocycles. The summed E-state index contributed by atoms with van der Waals surface area (Å²) in [5, 5.41) is 2.79. The predicted molar refractivity (Wildman–Crippen MR) is 117 cm³/mol. The van der Waals surface area contributed by atoms with Crippen molar-refractivity contribution in [1.29, 1.82) is 0 Å². The maximum Gasteiger partial charge on any atom is 0.243 e. The largest absolute Gasteiger partial charge is 0.497 e. The van der Waals surface area contributed by atoms with Gasteiger partial charge in [-0.25, -0.2) is 0 Å². The van der Waals surface area contributed by atoms with Crippen molar-refractivity contribution in [2.45, 2.75) is 44.2 Å². The van der Waals surface area contributed by atoms with Crippen LogP contribution in [0.2, 0.25) is 0 Å². The molecule has 164 valence electrons. The van der Waals surface area contributed by atoms with Crippen LogP contribution < -0.4 is 15.8 Å². The Morgan fingerprint density at radius 1 is 1.13 bits per heavy atom. The second-order valence-corrected chi connectivity index (χ2v) is 7.75. The minimum absolute atomic E-state index is 0.0528. The Morgan fingerprint density at radius 2 is 1.87 bits per heavy atom. The van der Waals surface area contributed by atoms with Gasteiger partial charge < -0.3 is 20.7 Å². The lowest BCUT2D eigenvalue weighted by molar-refractivity contribution is -0.138. The SMILES string of the molecule is COc1cccc(CC(C(=O)N[C@@H](CCc2ccccc2)C(N)=O)N2CCCC2=O)c1. The number of primary amides is 1. The normalized spacial score (nSPS) is 15.4. The molecule has 0 radical (unpaired) electrons. The van der Waals surface area contributed by atoms with Gasteiger partial charge in [0.15, 0.2) is 0 Å². The van der Waals surface area contributed by atoms with Crippen LogP contribution in [-0.4, -0.2) is 48.4 Å². The third-order valence-corrected chi connectivity index (χ3v) is 5.58. The Labute approximate surface area is 182 Å². The van der Waals surface area contributed by atoms with Crippen LogP contribution in [-0.2, 0) is 27.2 Å². The molecule has 0 bridgehead atoms. The second kappa shape index (κ2) is 10.6. The highest BCUT2D eigenvalue weighted by atomic mass is 16.5. The molecule has 7 heteroatoms. The second-order valence-electron chi connectivity index (χ2n) is 7.75. The third kappa shape index (κ3) is 6.07. The summed E-state index contributed by atoms with van der Waals surface area (Å²) in [6.07, 6.45) is 2.48. The Bertz CT molecular complexity index is 916. The van der Waals surface area contributed by atoms with Gasteiger partial charge in [0, 0.05) is 19.4 Å². The zero-order valence-electron chi connectivity index (χ0n) is 17.8. The van der Waals surface area contributed by atoms with Crippen LogP contribution in [0.15, 0.2) is 54.6 Å². The van der Waals surface area contributed by atoms with Crippen molar-refractivity contribution in [3.63, 3.8) is 0 Å². The molecule has 3 amide bonds. The van der Waals surface area contributed by atoms with Crippen molar-refractivity contribution in [2.75, 3.05) is 13.7 Å². The molecule has 1 saturated heterocycles. The minimum atomic E-state index is -0.807. The number of carbonyl (C=O) groups excluding carboxylic acids is 3. The molecular weight excluding hydrogens is 394 g/mol. The molecule has 1 fully saturated rings. The number of rotatable bonds is 10. The van der Waals surface area contributed by atoms with E-state index in [2.05, 4.69) is 5.32 Å². The van der Waals surface area contributed by atoms with E-state index in [1.165, 1.54) is 0 Å². The summed E-state index contributed by atoms with van der Waals surface area (Å²) in [4.78, 5) is 39.2. The first-order valence-electron chi connectivity index (χ1n) is 10.5. The minimum Gasteiger partial charge on any atom is -0.497 e. The van der Waals surface area contributed by atoms with E-state index >= 15 is 0 Å². The van der Waals surface area contributed by atoms with E-state index in [1.807, 2.05) is 54.6 Å². The van der Waals surface area contributed by atoms with Crippen molar-refractivity contribution in [1.82, 2.24) is 10.2 Å². The number of benzene rings is 2. The Hall–Kier alpha value is -3.35. The average molecular weight is 424 g/mol. The monoisotopic (exact) mass is 423 g/mol. The van der Waals surface area contributed by atoms with Crippen molar-refractivity contribution < 1.29 is 19.1 Å². The molecule has 0 aromatic heterocycles. The van der Waals surface area contributed by atoms with Crippen LogP contribution in [0.4, 0.5) is 0 Å². The number of aryl methyl sites for hydroxylation is 1. The lowest BCUT2D eigenvalue weighted by Gasteiger charge is -2.28. The number of nitrogens with two attached hydrogens (primary N) is 1. The summed E-state index contributed by atoms with van der Waals surface area (Å²) in [5.74, 6) is -0.322. The van der Waals surface area contributed by atoms with Gasteiger partial charge in [0.25, 0.3) is 0 Å². The van der Waals surface area contributed by atoms with E-state index < -0.39 is 18.0 Å². The number of carbonyl (C=O) groups is 3. The van der Waals surface area contributed by atoms with E-state index in [0.29, 0.717) is 44.4 Å². The summed E-state index contributed by atoms with van der Waals surface area (Å²) in [6, 6.07) is 15.6. The smallest absolute Gasteiger partial charge is 0.243 e. The number of hydrogen-bond acceptors (Lipinski definition) is 4. The molecule has 2 aromatic rings. The van der Waals surface area contributed by atoms with E-state index in [0.717, 1.165) is 11.1 Å². The van der Waals surface area contributed by atoms with Crippen molar-refractivity contribution >= 4 is 17.7 Å². The number of likely N-dealkylation sites (tertiary alicyclic amines) is 1. The lowest BCUT2D eigenvalue weighted by Crippen LogP contribution is -2.54. The molecule has 1 aliphatic heterocycles. The lowest BCUT2D eigenvalue weighted by atomic mass is 10.0. The molecule has 2 aromatic carbocycles. The quantitative estimate of drug-likeness (QED) is 0.609. The Balaban J connectivity index is 1.74. The van der Waals surface area contributed by atoms with Crippen molar-refractivity contribution in [3.8, 4) is 5.75 Å². The van der Waals surface area contributed by atoms with E-state index in [-0.39, 0.29) is 11.8 Å². The molecule has 0 spiro atoms. The number of hydrogen-bond donors (Lipinski definition) is 2. The van der Waals surface area contributed by atoms with Crippen molar-refractivity contribution in [3.05, 3.63) is 65.7 Å². The fraction of sp³-hybridized carbons (Fsp3) is 0.375. The maximum absolute atomic E-state index is 13.2. The molecule has 1 aliphatic rings. The molecule has 0 aliphatic carbocycles. The zero-order chi connectivity index (χ0) is 22.2. The van der Waals surface area contributed by atoms with Crippen LogP contribution >= 0.6 is 0 Å². The third-order valence-electron chi connectivity index (χ3n) is 5.58. The van der Waals surface area contributed by atoms with E-state index in [4.69, 9.17) is 10.5 Å². The Morgan fingerprint density at radius 3 is 2.52 bits per heavy atom. The van der Waals surface area contributed by atoms with Crippen LogP contribution in [0, 0.1) is 0 Å². The van der Waals surface area contributed by atoms with Crippen molar-refractivity contribution in [2.24, 2.45) is 5.73 Å². The fourth-order valence-corrected chi connectivity index (χ4v) is 3.87. The first-order valence-corrected chi connectivity index (χ1v) is 10.5. The maximum atomic E-state index is 13.2. The summed E-state index contributed by atoms with van der Waals surface area (Å²) < 4.78 is 5.27. The number of ether oxygens (including phenoxy) is 1. The average Bonchev–Trinajstić information content (AvgIpc) is 3.20. The highest BCUT2D eigenvalue weighted by molar-refractivity contribution is 5.92. The first kappa shape index (κ1) is 22.3. The standard InChI is InChI=1S/C24H29N3O4/c1-31-19-10-5-9-18(15-19)16-21(27-14-6-11-22(27)28)24(30)26-20(23(25)29)13-12-17-7-3-2-4-8-17/h2-5,7-10,15,20-21H,6,11-14,16H2,1H3,(H2,25,29)(H,26,30)/t20-,21?/m0/s1. The summed E-state index contributed by atoms with van der Waals surface area (Å²) >= 11 is 0. The molecule has 7 nitrogen and oxygen atoms in total. The summed E-state index contributed by atoms with van der Waals surface area (Å²) in [6.45, 7) is 0.520. The van der Waals surface area contributed by atoms with Gasteiger partial charge in [-0.1, -0.05) is 42.5 Å². The van der Waals surface area contributed by atoms with Gasteiger partial charge in [0.05, 0.1) is 7.11 Å². The molecule has 1 unspecified atom stereocenters. The predicted octanol–water partition coefficient (Wildman–Crippen LogP) is 1.83. The van der Waals surface area contributed by atoms with Gasteiger partial charge in [0.1, 0.15) is 17.8 Å².